The third-order valence-corrected chi connectivity index (χ3v) is 6.98. The van der Waals surface area contributed by atoms with Crippen LogP contribution in [0.15, 0.2) is 66.9 Å². The molecule has 3 heterocycles. The van der Waals surface area contributed by atoms with E-state index in [0.29, 0.717) is 23.3 Å². The Morgan fingerprint density at radius 2 is 1.95 bits per heavy atom. The van der Waals surface area contributed by atoms with Crippen molar-refractivity contribution in [1.29, 1.82) is 0 Å². The molecule has 1 aliphatic heterocycles. The molecule has 7 nitrogen and oxygen atoms in total. The van der Waals surface area contributed by atoms with Crippen LogP contribution < -0.4 is 14.2 Å². The summed E-state index contributed by atoms with van der Waals surface area (Å²) in [5, 5.41) is 11.4. The molecule has 1 aliphatic rings. The lowest BCUT2D eigenvalue weighted by Gasteiger charge is -2.21. The average molecular weight is 561 g/mol. The maximum atomic E-state index is 12.6. The first kappa shape index (κ1) is 26.4. The number of nitrogens with zero attached hydrogens (tertiary/aromatic N) is 2. The smallest absolute Gasteiger partial charge is 0.493 e. The van der Waals surface area contributed by atoms with Crippen molar-refractivity contribution in [2.24, 2.45) is 0 Å². The number of pyridine rings is 2. The molecule has 0 bridgehead atoms. The summed E-state index contributed by atoms with van der Waals surface area (Å²) in [5.74, 6) is -0.290. The van der Waals surface area contributed by atoms with Crippen molar-refractivity contribution in [3.8, 4) is 28.5 Å². The van der Waals surface area contributed by atoms with Gasteiger partial charge in [-0.15, -0.1) is 13.2 Å². The van der Waals surface area contributed by atoms with Crippen LogP contribution in [-0.4, -0.2) is 34.0 Å². The van der Waals surface area contributed by atoms with Gasteiger partial charge in [0.2, 0.25) is 5.88 Å². The number of aliphatic carboxylic acids is 1. The molecule has 0 spiro atoms. The number of aromatic nitrogens is 2. The van der Waals surface area contributed by atoms with Crippen molar-refractivity contribution in [3.63, 3.8) is 0 Å². The monoisotopic (exact) mass is 560 g/mol. The number of fused-ring (bicyclic) bond motifs is 1. The Kier molecular flexibility index (Phi) is 6.61. The summed E-state index contributed by atoms with van der Waals surface area (Å²) in [6, 6.07) is 16.6. The first-order chi connectivity index (χ1) is 19.7. The lowest BCUT2D eigenvalue weighted by molar-refractivity contribution is -0.274. The summed E-state index contributed by atoms with van der Waals surface area (Å²) < 4.78 is 53.5. The number of carboxylic acids is 1. The Morgan fingerprint density at radius 1 is 1.10 bits per heavy atom. The fraction of sp³-hybridized carbons (Fsp3) is 0.194. The Bertz CT molecular complexity index is 1810. The number of benzene rings is 3. The second kappa shape index (κ2) is 10.3. The summed E-state index contributed by atoms with van der Waals surface area (Å²) in [5.41, 5.74) is 5.79. The van der Waals surface area contributed by atoms with Gasteiger partial charge in [-0.1, -0.05) is 12.1 Å². The highest BCUT2D eigenvalue weighted by molar-refractivity contribution is 6.07. The Balaban J connectivity index is 1.42. The van der Waals surface area contributed by atoms with E-state index in [-0.39, 0.29) is 24.7 Å². The van der Waals surface area contributed by atoms with Crippen LogP contribution >= 0.6 is 0 Å². The standard InChI is InChI=1S/C31H23F3N2O5/c1-17-13-24-21(6-8-26(36-24)40-16-18-3-2-4-20(14-18)41-31(32,33)34)29(23(17)15-27(37)38)22-5-7-25-28-19(10-12-39-25)9-11-35-30(22)28/h2-9,11,13-14H,10,12,15-16H2,1H3,(H,37,38). The maximum Gasteiger partial charge on any atom is 0.573 e. The van der Waals surface area contributed by atoms with Crippen LogP contribution in [0.25, 0.3) is 32.9 Å². The van der Waals surface area contributed by atoms with E-state index in [1.54, 1.807) is 18.3 Å². The van der Waals surface area contributed by atoms with Crippen LogP contribution in [-0.2, 0) is 24.2 Å². The molecule has 0 amide bonds. The van der Waals surface area contributed by atoms with Gasteiger partial charge in [-0.25, -0.2) is 4.98 Å². The minimum Gasteiger partial charge on any atom is -0.493 e. The van der Waals surface area contributed by atoms with Crippen molar-refractivity contribution in [2.45, 2.75) is 32.7 Å². The van der Waals surface area contributed by atoms with E-state index in [1.165, 1.54) is 18.2 Å². The molecule has 0 saturated heterocycles. The molecule has 6 rings (SSSR count). The van der Waals surface area contributed by atoms with E-state index >= 15 is 0 Å². The van der Waals surface area contributed by atoms with E-state index in [0.717, 1.165) is 50.7 Å². The Hall–Kier alpha value is -4.86. The second-order valence-corrected chi connectivity index (χ2v) is 9.72. The predicted molar refractivity (Wildman–Crippen MR) is 145 cm³/mol. The Morgan fingerprint density at radius 3 is 2.76 bits per heavy atom. The average Bonchev–Trinajstić information content (AvgIpc) is 2.92. The normalized spacial score (nSPS) is 12.8. The SMILES string of the molecule is Cc1cc2nc(OCc3cccc(OC(F)(F)F)c3)ccc2c(-c2ccc3c4c(ccnc24)CCO3)c1CC(=O)O. The largest absolute Gasteiger partial charge is 0.573 e. The van der Waals surface area contributed by atoms with Gasteiger partial charge in [-0.05, 0) is 77.2 Å². The lowest BCUT2D eigenvalue weighted by Crippen LogP contribution is -2.17. The summed E-state index contributed by atoms with van der Waals surface area (Å²) >= 11 is 0. The topological polar surface area (TPSA) is 90.8 Å². The molecule has 3 aromatic carbocycles. The van der Waals surface area contributed by atoms with Gasteiger partial charge < -0.3 is 19.3 Å². The zero-order chi connectivity index (χ0) is 28.7. The molecule has 2 aromatic heterocycles. The number of rotatable bonds is 7. The van der Waals surface area contributed by atoms with Crippen molar-refractivity contribution in [1.82, 2.24) is 9.97 Å². The first-order valence-corrected chi connectivity index (χ1v) is 12.8. The quantitative estimate of drug-likeness (QED) is 0.234. The van der Waals surface area contributed by atoms with Crippen LogP contribution in [0.5, 0.6) is 17.4 Å². The molecule has 1 N–H and O–H groups in total. The molecule has 5 aromatic rings. The first-order valence-electron chi connectivity index (χ1n) is 12.8. The molecule has 0 saturated carbocycles. The summed E-state index contributed by atoms with van der Waals surface area (Å²) in [6.07, 6.45) is -2.48. The molecular formula is C31H23F3N2O5. The van der Waals surface area contributed by atoms with E-state index in [4.69, 9.17) is 9.47 Å². The Labute approximate surface area is 232 Å². The summed E-state index contributed by atoms with van der Waals surface area (Å²) in [7, 11) is 0. The molecule has 0 fully saturated rings. The van der Waals surface area contributed by atoms with Gasteiger partial charge in [-0.2, -0.15) is 0 Å². The van der Waals surface area contributed by atoms with Crippen LogP contribution in [0, 0.1) is 6.92 Å². The molecule has 0 radical (unpaired) electrons. The van der Waals surface area contributed by atoms with Gasteiger partial charge in [0.15, 0.2) is 0 Å². The fourth-order valence-electron chi connectivity index (χ4n) is 5.29. The van der Waals surface area contributed by atoms with Crippen LogP contribution in [0.2, 0.25) is 0 Å². The molecular weight excluding hydrogens is 537 g/mol. The maximum absolute atomic E-state index is 12.6. The number of ether oxygens (including phenoxy) is 3. The molecule has 10 heteroatoms. The van der Waals surface area contributed by atoms with Crippen molar-refractivity contribution in [2.75, 3.05) is 6.61 Å². The third kappa shape index (κ3) is 5.32. The minimum atomic E-state index is -4.79. The van der Waals surface area contributed by atoms with Gasteiger partial charge in [-0.3, -0.25) is 9.78 Å². The van der Waals surface area contributed by atoms with E-state index in [2.05, 4.69) is 14.7 Å². The van der Waals surface area contributed by atoms with Crippen molar-refractivity contribution >= 4 is 27.8 Å². The zero-order valence-electron chi connectivity index (χ0n) is 21.8. The van der Waals surface area contributed by atoms with Crippen molar-refractivity contribution in [3.05, 3.63) is 89.1 Å². The van der Waals surface area contributed by atoms with Crippen LogP contribution in [0.4, 0.5) is 13.2 Å². The van der Waals surface area contributed by atoms with E-state index < -0.39 is 12.3 Å². The van der Waals surface area contributed by atoms with Crippen LogP contribution in [0.1, 0.15) is 22.3 Å². The molecule has 41 heavy (non-hydrogen) atoms. The minimum absolute atomic E-state index is 0.0324. The van der Waals surface area contributed by atoms with Crippen molar-refractivity contribution < 1.29 is 37.3 Å². The van der Waals surface area contributed by atoms with Gasteiger partial charge >= 0.3 is 12.3 Å². The zero-order valence-corrected chi connectivity index (χ0v) is 21.8. The van der Waals surface area contributed by atoms with Crippen LogP contribution in [0.3, 0.4) is 0 Å². The molecule has 0 atom stereocenters. The van der Waals surface area contributed by atoms with E-state index in [1.807, 2.05) is 37.3 Å². The number of hydrogen-bond donors (Lipinski definition) is 1. The number of halogens is 3. The van der Waals surface area contributed by atoms with Gasteiger partial charge in [0, 0.05) is 35.0 Å². The lowest BCUT2D eigenvalue weighted by atomic mass is 9.88. The number of carboxylic acid groups (broad SMARTS) is 1. The van der Waals surface area contributed by atoms with Gasteiger partial charge in [0.05, 0.1) is 24.1 Å². The second-order valence-electron chi connectivity index (χ2n) is 9.72. The summed E-state index contributed by atoms with van der Waals surface area (Å²) in [4.78, 5) is 21.2. The molecule has 208 valence electrons. The highest BCUT2D eigenvalue weighted by atomic mass is 19.4. The predicted octanol–water partition coefficient (Wildman–Crippen LogP) is 6.80. The van der Waals surface area contributed by atoms with Gasteiger partial charge in [0.1, 0.15) is 18.1 Å². The summed E-state index contributed by atoms with van der Waals surface area (Å²) in [6.45, 7) is 2.38. The number of alkyl halides is 3. The number of carbonyl (C=O) groups is 1. The highest BCUT2D eigenvalue weighted by Gasteiger charge is 2.31. The molecule has 0 aliphatic carbocycles. The molecule has 0 unspecified atom stereocenters. The highest BCUT2D eigenvalue weighted by Crippen LogP contribution is 2.42. The fourth-order valence-corrected chi connectivity index (χ4v) is 5.29. The third-order valence-electron chi connectivity index (χ3n) is 6.98. The van der Waals surface area contributed by atoms with E-state index in [9.17, 15) is 23.1 Å². The number of hydrogen-bond acceptors (Lipinski definition) is 6. The van der Waals surface area contributed by atoms with Gasteiger partial charge in [0.25, 0.3) is 0 Å². The number of aryl methyl sites for hydroxylation is 1.